The molecule has 0 amide bonds. The Labute approximate surface area is 156 Å². The largest absolute Gasteiger partial charge is 0.490 e. The van der Waals surface area contributed by atoms with Crippen LogP contribution in [0.2, 0.25) is 0 Å². The molecule has 1 aliphatic rings. The molecular weight excluding hydrogens is 335 g/mol. The normalized spacial score (nSPS) is 16.2. The van der Waals surface area contributed by atoms with Crippen LogP contribution in [0.3, 0.4) is 0 Å². The van der Waals surface area contributed by atoms with Crippen LogP contribution in [0, 0.1) is 0 Å². The lowest BCUT2D eigenvalue weighted by molar-refractivity contribution is 0.203. The molecule has 0 aromatic heterocycles. The summed E-state index contributed by atoms with van der Waals surface area (Å²) in [6.45, 7) is 0. The molecule has 1 unspecified atom stereocenters. The molecule has 0 fully saturated rings. The van der Waals surface area contributed by atoms with Gasteiger partial charge in [0.2, 0.25) is 0 Å². The second-order valence-corrected chi connectivity index (χ2v) is 9.92. The Balaban J connectivity index is 1.94. The molecule has 1 atom stereocenters. The molecule has 26 heavy (non-hydrogen) atoms. The highest BCUT2D eigenvalue weighted by Crippen LogP contribution is 2.56. The average Bonchev–Trinajstić information content (AvgIpc) is 2.75. The molecule has 1 nitrogen and oxygen atoms in total. The number of ether oxygens (including phenoxy) is 1. The summed E-state index contributed by atoms with van der Waals surface area (Å²) in [6.07, 6.45) is 9.04. The van der Waals surface area contributed by atoms with Gasteiger partial charge in [-0.3, -0.25) is 0 Å². The van der Waals surface area contributed by atoms with E-state index in [1.165, 1.54) is 15.9 Å². The van der Waals surface area contributed by atoms with Gasteiger partial charge in [0, 0.05) is 0 Å². The van der Waals surface area contributed by atoms with Gasteiger partial charge in [0.25, 0.3) is 0 Å². The Kier molecular flexibility index (Phi) is 5.00. The van der Waals surface area contributed by atoms with Crippen LogP contribution in [0.25, 0.3) is 0 Å². The van der Waals surface area contributed by atoms with Crippen molar-refractivity contribution in [1.82, 2.24) is 0 Å². The molecule has 3 aromatic rings. The van der Waals surface area contributed by atoms with Crippen molar-refractivity contribution in [1.29, 1.82) is 0 Å². The first-order chi connectivity index (χ1) is 12.9. The van der Waals surface area contributed by atoms with Crippen molar-refractivity contribution in [2.45, 2.75) is 6.10 Å². The van der Waals surface area contributed by atoms with Gasteiger partial charge in [-0.2, -0.15) is 0 Å². The summed E-state index contributed by atoms with van der Waals surface area (Å²) in [5, 5.41) is 4.18. The Morgan fingerprint density at radius 3 is 1.46 bits per heavy atom. The molecule has 0 bridgehead atoms. The van der Waals surface area contributed by atoms with Gasteiger partial charge in [-0.25, -0.2) is 0 Å². The topological polar surface area (TPSA) is 9.23 Å². The van der Waals surface area contributed by atoms with Crippen LogP contribution >= 0.6 is 7.26 Å². The van der Waals surface area contributed by atoms with Gasteiger partial charge in [0.1, 0.15) is 29.3 Å². The third-order valence-corrected chi connectivity index (χ3v) is 9.26. The molecule has 2 heteroatoms. The first kappa shape index (κ1) is 16.8. The lowest BCUT2D eigenvalue weighted by Crippen LogP contribution is -2.37. The fourth-order valence-corrected chi connectivity index (χ4v) is 7.93. The maximum Gasteiger partial charge on any atom is 0.151 e. The summed E-state index contributed by atoms with van der Waals surface area (Å²) in [5.74, 6) is 0. The minimum Gasteiger partial charge on any atom is -0.490 e. The van der Waals surface area contributed by atoms with Gasteiger partial charge in [-0.1, -0.05) is 60.7 Å². The predicted octanol–water partition coefficient (Wildman–Crippen LogP) is 4.45. The third-order valence-electron chi connectivity index (χ3n) is 4.81. The molecule has 0 saturated heterocycles. The highest BCUT2D eigenvalue weighted by molar-refractivity contribution is 7.95. The molecule has 0 spiro atoms. The van der Waals surface area contributed by atoms with Crippen LogP contribution in [0.5, 0.6) is 0 Å². The fraction of sp³-hybridized carbons (Fsp3) is 0.0833. The zero-order valence-electron chi connectivity index (χ0n) is 14.6. The zero-order valence-corrected chi connectivity index (χ0v) is 15.5. The van der Waals surface area contributed by atoms with Crippen molar-refractivity contribution in [2.24, 2.45) is 0 Å². The van der Waals surface area contributed by atoms with Crippen molar-refractivity contribution in [3.05, 3.63) is 115 Å². The van der Waals surface area contributed by atoms with Crippen molar-refractivity contribution < 1.29 is 4.74 Å². The Morgan fingerprint density at radius 2 is 1.08 bits per heavy atom. The zero-order chi connectivity index (χ0) is 17.7. The first-order valence-electron chi connectivity index (χ1n) is 8.93. The van der Waals surface area contributed by atoms with E-state index in [1.54, 1.807) is 6.26 Å². The van der Waals surface area contributed by atoms with Gasteiger partial charge in [0.05, 0.1) is 6.26 Å². The second-order valence-electron chi connectivity index (χ2n) is 6.39. The quantitative estimate of drug-likeness (QED) is 0.613. The van der Waals surface area contributed by atoms with Gasteiger partial charge in [0.15, 0.2) is 6.10 Å². The second kappa shape index (κ2) is 7.72. The summed E-state index contributed by atoms with van der Waals surface area (Å²) in [6, 6.07) is 32.8. The summed E-state index contributed by atoms with van der Waals surface area (Å²) in [5.41, 5.74) is 0. The maximum atomic E-state index is 5.96. The SMILES string of the molecule is C1=COC(C[P+](c2ccccc2)(c2ccccc2)c2ccccc2)C=C1. The van der Waals surface area contributed by atoms with Crippen LogP contribution in [-0.4, -0.2) is 12.3 Å². The summed E-state index contributed by atoms with van der Waals surface area (Å²) >= 11 is 0. The van der Waals surface area contributed by atoms with Crippen LogP contribution in [0.1, 0.15) is 0 Å². The van der Waals surface area contributed by atoms with Crippen LogP contribution in [0.15, 0.2) is 115 Å². The van der Waals surface area contributed by atoms with Crippen LogP contribution < -0.4 is 15.9 Å². The lowest BCUT2D eigenvalue weighted by atomic mass is 10.3. The fourth-order valence-electron chi connectivity index (χ4n) is 3.61. The smallest absolute Gasteiger partial charge is 0.151 e. The van der Waals surface area contributed by atoms with Gasteiger partial charge in [-0.15, -0.1) is 0 Å². The third kappa shape index (κ3) is 3.23. The van der Waals surface area contributed by atoms with E-state index in [-0.39, 0.29) is 6.10 Å². The molecule has 1 heterocycles. The van der Waals surface area contributed by atoms with E-state index in [0.29, 0.717) is 0 Å². The van der Waals surface area contributed by atoms with E-state index in [4.69, 9.17) is 4.74 Å². The predicted molar refractivity (Wildman–Crippen MR) is 113 cm³/mol. The molecule has 4 rings (SSSR count). The van der Waals surface area contributed by atoms with Crippen LogP contribution in [-0.2, 0) is 4.74 Å². The molecule has 0 aliphatic carbocycles. The van der Waals surface area contributed by atoms with Crippen LogP contribution in [0.4, 0.5) is 0 Å². The number of benzene rings is 3. The lowest BCUT2D eigenvalue weighted by Gasteiger charge is -2.30. The van der Waals surface area contributed by atoms with Crippen molar-refractivity contribution in [3.8, 4) is 0 Å². The van der Waals surface area contributed by atoms with Crippen molar-refractivity contribution >= 4 is 23.2 Å². The summed E-state index contributed by atoms with van der Waals surface area (Å²) < 4.78 is 5.96. The van der Waals surface area contributed by atoms with E-state index in [9.17, 15) is 0 Å². The van der Waals surface area contributed by atoms with E-state index < -0.39 is 7.26 Å². The highest BCUT2D eigenvalue weighted by atomic mass is 31.2. The van der Waals surface area contributed by atoms with Gasteiger partial charge >= 0.3 is 0 Å². The molecule has 0 radical (unpaired) electrons. The molecule has 0 N–H and O–H groups in total. The summed E-state index contributed by atoms with van der Waals surface area (Å²) in [4.78, 5) is 0. The molecule has 1 aliphatic heterocycles. The molecule has 3 aromatic carbocycles. The number of hydrogen-bond acceptors (Lipinski definition) is 1. The minimum atomic E-state index is -1.83. The Hall–Kier alpha value is -2.63. The highest BCUT2D eigenvalue weighted by Gasteiger charge is 2.47. The van der Waals surface area contributed by atoms with Crippen molar-refractivity contribution in [2.75, 3.05) is 6.16 Å². The van der Waals surface area contributed by atoms with E-state index in [2.05, 4.69) is 103 Å². The Bertz CT molecular complexity index is 789. The van der Waals surface area contributed by atoms with E-state index in [1.807, 2.05) is 6.08 Å². The monoisotopic (exact) mass is 357 g/mol. The standard InChI is InChI=1S/C24H22OP/c1-4-13-22(14-5-1)26(23-15-6-2-7-16-23,24-17-8-3-9-18-24)20-21-12-10-11-19-25-21/h1-19,21H,20H2/q+1. The Morgan fingerprint density at radius 1 is 0.615 bits per heavy atom. The summed E-state index contributed by atoms with van der Waals surface area (Å²) in [7, 11) is -1.83. The molecule has 128 valence electrons. The number of hydrogen-bond donors (Lipinski definition) is 0. The molecular formula is C24H22OP+. The van der Waals surface area contributed by atoms with Crippen molar-refractivity contribution in [3.63, 3.8) is 0 Å². The van der Waals surface area contributed by atoms with Gasteiger partial charge < -0.3 is 4.74 Å². The van der Waals surface area contributed by atoms with E-state index >= 15 is 0 Å². The average molecular weight is 357 g/mol. The van der Waals surface area contributed by atoms with E-state index in [0.717, 1.165) is 6.16 Å². The maximum absolute atomic E-state index is 5.96. The minimum absolute atomic E-state index is 0.0777. The molecule has 0 saturated carbocycles. The first-order valence-corrected chi connectivity index (χ1v) is 10.9. The van der Waals surface area contributed by atoms with Gasteiger partial charge in [-0.05, 0) is 48.6 Å². The number of allylic oxidation sites excluding steroid dienone is 2. The number of rotatable bonds is 5.